The second-order valence-corrected chi connectivity index (χ2v) is 9.79. The van der Waals surface area contributed by atoms with Crippen LogP contribution in [-0.4, -0.2) is 46.5 Å². The number of ether oxygens (including phenoxy) is 1. The Hall–Kier alpha value is -3.39. The summed E-state index contributed by atoms with van der Waals surface area (Å²) in [5.41, 5.74) is 3.41. The van der Waals surface area contributed by atoms with Gasteiger partial charge in [0, 0.05) is 29.8 Å². The summed E-state index contributed by atoms with van der Waals surface area (Å²) in [7, 11) is 0. The minimum absolute atomic E-state index is 0.00632. The number of nitrogens with one attached hydrogen (secondary N) is 2. The van der Waals surface area contributed by atoms with E-state index in [1.54, 1.807) is 12.1 Å². The molecule has 0 unspecified atom stereocenters. The number of hydrogen-bond donors (Lipinski definition) is 5. The van der Waals surface area contributed by atoms with Gasteiger partial charge in [0.2, 0.25) is 0 Å². The molecule has 0 saturated carbocycles. The van der Waals surface area contributed by atoms with Gasteiger partial charge in [-0.05, 0) is 86.7 Å². The molecular weight excluding hydrogens is 468 g/mol. The number of hydrogen-bond acceptors (Lipinski definition) is 6. The van der Waals surface area contributed by atoms with Crippen LogP contribution in [0.25, 0.3) is 0 Å². The SMILES string of the molecule is CCOc1ccc(CCNC(=O)c2cccc(CC(C)(C)NC[C@H](O)c3ccc(O)c(CO)c3)c2)cc1. The molecule has 1 amide bonds. The molecule has 0 heterocycles. The van der Waals surface area contributed by atoms with E-state index in [9.17, 15) is 20.1 Å². The third kappa shape index (κ3) is 8.60. The molecule has 0 aliphatic rings. The molecule has 0 aliphatic heterocycles. The normalized spacial score (nSPS) is 12.2. The van der Waals surface area contributed by atoms with Crippen LogP contribution in [0.1, 0.15) is 59.5 Å². The summed E-state index contributed by atoms with van der Waals surface area (Å²) < 4.78 is 5.46. The third-order valence-corrected chi connectivity index (χ3v) is 6.20. The molecule has 7 heteroatoms. The first-order valence-electron chi connectivity index (χ1n) is 12.7. The molecule has 198 valence electrons. The van der Waals surface area contributed by atoms with Gasteiger partial charge in [0.15, 0.2) is 0 Å². The van der Waals surface area contributed by atoms with Crippen molar-refractivity contribution in [2.75, 3.05) is 19.7 Å². The Balaban J connectivity index is 1.51. The molecule has 0 aromatic heterocycles. The quantitative estimate of drug-likeness (QED) is 0.241. The predicted octanol–water partition coefficient (Wildman–Crippen LogP) is 3.90. The molecule has 0 bridgehead atoms. The summed E-state index contributed by atoms with van der Waals surface area (Å²) in [6.07, 6.45) is 0.597. The lowest BCUT2D eigenvalue weighted by Gasteiger charge is -2.28. The standard InChI is InChI=1S/C30H38N2O5/c1-4-37-26-11-8-21(9-12-26)14-15-31-29(36)24-7-5-6-22(16-24)18-30(2,3)32-19-28(35)23-10-13-27(34)25(17-23)20-33/h5-13,16-17,28,32-35H,4,14-15,18-20H2,1-3H3,(H,31,36)/t28-/m0/s1. The number of phenols is 1. The maximum Gasteiger partial charge on any atom is 0.251 e. The van der Waals surface area contributed by atoms with Gasteiger partial charge in [-0.1, -0.05) is 30.3 Å². The molecule has 5 N–H and O–H groups in total. The number of benzene rings is 3. The van der Waals surface area contributed by atoms with Crippen LogP contribution >= 0.6 is 0 Å². The summed E-state index contributed by atoms with van der Waals surface area (Å²) in [6.45, 7) is 7.21. The van der Waals surface area contributed by atoms with Gasteiger partial charge in [-0.3, -0.25) is 4.79 Å². The average molecular weight is 507 g/mol. The van der Waals surface area contributed by atoms with Gasteiger partial charge in [0.25, 0.3) is 5.91 Å². The smallest absolute Gasteiger partial charge is 0.251 e. The van der Waals surface area contributed by atoms with Crippen molar-refractivity contribution in [3.63, 3.8) is 0 Å². The molecule has 0 saturated heterocycles. The zero-order valence-corrected chi connectivity index (χ0v) is 21.8. The van der Waals surface area contributed by atoms with E-state index in [1.807, 2.05) is 69.3 Å². The van der Waals surface area contributed by atoms with E-state index < -0.39 is 6.10 Å². The Bertz CT molecular complexity index is 1160. The van der Waals surface area contributed by atoms with Crippen molar-refractivity contribution in [2.24, 2.45) is 0 Å². The first kappa shape index (κ1) is 28.2. The average Bonchev–Trinajstić information content (AvgIpc) is 2.88. The number of aliphatic hydroxyl groups excluding tert-OH is 2. The Morgan fingerprint density at radius 1 is 1.03 bits per heavy atom. The lowest BCUT2D eigenvalue weighted by molar-refractivity contribution is 0.0954. The van der Waals surface area contributed by atoms with E-state index in [2.05, 4.69) is 10.6 Å². The number of amides is 1. The molecule has 37 heavy (non-hydrogen) atoms. The van der Waals surface area contributed by atoms with Crippen LogP contribution in [0.2, 0.25) is 0 Å². The van der Waals surface area contributed by atoms with Gasteiger partial charge >= 0.3 is 0 Å². The lowest BCUT2D eigenvalue weighted by atomic mass is 9.93. The Morgan fingerprint density at radius 2 is 1.78 bits per heavy atom. The minimum atomic E-state index is -0.794. The van der Waals surface area contributed by atoms with E-state index in [0.29, 0.717) is 42.8 Å². The highest BCUT2D eigenvalue weighted by Crippen LogP contribution is 2.23. The van der Waals surface area contributed by atoms with Crippen molar-refractivity contribution in [2.45, 2.75) is 51.9 Å². The Kier molecular flexibility index (Phi) is 10.1. The highest BCUT2D eigenvalue weighted by atomic mass is 16.5. The van der Waals surface area contributed by atoms with Crippen molar-refractivity contribution in [1.29, 1.82) is 0 Å². The largest absolute Gasteiger partial charge is 0.508 e. The zero-order chi connectivity index (χ0) is 26.8. The van der Waals surface area contributed by atoms with Crippen LogP contribution in [-0.2, 0) is 19.4 Å². The van der Waals surface area contributed by atoms with Gasteiger partial charge in [-0.2, -0.15) is 0 Å². The van der Waals surface area contributed by atoms with Crippen LogP contribution in [0.5, 0.6) is 11.5 Å². The molecule has 3 aromatic carbocycles. The molecular formula is C30H38N2O5. The van der Waals surface area contributed by atoms with E-state index in [4.69, 9.17) is 4.74 Å². The summed E-state index contributed by atoms with van der Waals surface area (Å²) in [5.74, 6) is 0.739. The van der Waals surface area contributed by atoms with Crippen molar-refractivity contribution in [1.82, 2.24) is 10.6 Å². The predicted molar refractivity (Wildman–Crippen MR) is 145 cm³/mol. The van der Waals surface area contributed by atoms with Crippen LogP contribution in [0.15, 0.2) is 66.7 Å². The molecule has 0 radical (unpaired) electrons. The van der Waals surface area contributed by atoms with Crippen molar-refractivity contribution in [3.05, 3.63) is 94.5 Å². The van der Waals surface area contributed by atoms with Gasteiger partial charge in [0.05, 0.1) is 19.3 Å². The molecule has 1 atom stereocenters. The fraction of sp³-hybridized carbons (Fsp3) is 0.367. The first-order chi connectivity index (χ1) is 17.7. The number of β-amino-alcohol motifs (C(OH)–C–C–N with tert-alkyl or cyclic N) is 1. The van der Waals surface area contributed by atoms with Crippen molar-refractivity contribution >= 4 is 5.91 Å². The van der Waals surface area contributed by atoms with Gasteiger partial charge in [-0.25, -0.2) is 0 Å². The number of aliphatic hydroxyl groups is 2. The maximum atomic E-state index is 12.7. The van der Waals surface area contributed by atoms with Crippen LogP contribution in [0.3, 0.4) is 0 Å². The topological polar surface area (TPSA) is 111 Å². The molecule has 0 spiro atoms. The molecule has 3 rings (SSSR count). The number of rotatable bonds is 13. The van der Waals surface area contributed by atoms with Crippen LogP contribution in [0, 0.1) is 0 Å². The summed E-state index contributed by atoms with van der Waals surface area (Å²) in [4.78, 5) is 12.7. The fourth-order valence-electron chi connectivity index (χ4n) is 4.17. The second kappa shape index (κ2) is 13.2. The third-order valence-electron chi connectivity index (χ3n) is 6.20. The second-order valence-electron chi connectivity index (χ2n) is 9.79. The maximum absolute atomic E-state index is 12.7. The monoisotopic (exact) mass is 506 g/mol. The Labute approximate surface area is 219 Å². The fourth-order valence-corrected chi connectivity index (χ4v) is 4.17. The first-order valence-corrected chi connectivity index (χ1v) is 12.7. The van der Waals surface area contributed by atoms with Gasteiger partial charge in [0.1, 0.15) is 11.5 Å². The zero-order valence-electron chi connectivity index (χ0n) is 21.8. The minimum Gasteiger partial charge on any atom is -0.508 e. The van der Waals surface area contributed by atoms with Crippen molar-refractivity contribution in [3.8, 4) is 11.5 Å². The van der Waals surface area contributed by atoms with Crippen molar-refractivity contribution < 1.29 is 24.9 Å². The van der Waals surface area contributed by atoms with Crippen LogP contribution < -0.4 is 15.4 Å². The van der Waals surface area contributed by atoms with Gasteiger partial charge in [-0.15, -0.1) is 0 Å². The lowest BCUT2D eigenvalue weighted by Crippen LogP contribution is -2.43. The van der Waals surface area contributed by atoms with Gasteiger partial charge < -0.3 is 30.7 Å². The molecule has 3 aromatic rings. The highest BCUT2D eigenvalue weighted by molar-refractivity contribution is 5.94. The summed E-state index contributed by atoms with van der Waals surface area (Å²) >= 11 is 0. The summed E-state index contributed by atoms with van der Waals surface area (Å²) in [5, 5.41) is 36.1. The number of carbonyl (C=O) groups excluding carboxylic acids is 1. The van der Waals surface area contributed by atoms with Crippen LogP contribution in [0.4, 0.5) is 0 Å². The number of aromatic hydroxyl groups is 1. The molecule has 7 nitrogen and oxygen atoms in total. The van der Waals surface area contributed by atoms with E-state index in [-0.39, 0.29) is 23.8 Å². The number of carbonyl (C=O) groups is 1. The van der Waals surface area contributed by atoms with E-state index in [0.717, 1.165) is 23.3 Å². The molecule has 0 fully saturated rings. The highest BCUT2D eigenvalue weighted by Gasteiger charge is 2.21. The Morgan fingerprint density at radius 3 is 2.49 bits per heavy atom. The van der Waals surface area contributed by atoms with E-state index >= 15 is 0 Å². The molecule has 0 aliphatic carbocycles. The summed E-state index contributed by atoms with van der Waals surface area (Å²) in [6, 6.07) is 20.2. The van der Waals surface area contributed by atoms with E-state index in [1.165, 1.54) is 6.07 Å².